The Kier molecular flexibility index (Phi) is 4.69. The molecule has 0 spiro atoms. The second-order valence-corrected chi connectivity index (χ2v) is 4.97. The highest BCUT2D eigenvalue weighted by atomic mass is 16.5. The van der Waals surface area contributed by atoms with Crippen molar-refractivity contribution >= 4 is 0 Å². The van der Waals surface area contributed by atoms with Crippen LogP contribution in [0.15, 0.2) is 30.7 Å². The normalized spacial score (nSPS) is 12.2. The van der Waals surface area contributed by atoms with Gasteiger partial charge in [-0.2, -0.15) is 0 Å². The van der Waals surface area contributed by atoms with Crippen molar-refractivity contribution in [2.75, 3.05) is 7.11 Å². The number of aromatic nitrogens is 2. The van der Waals surface area contributed by atoms with Gasteiger partial charge in [0, 0.05) is 48.3 Å². The van der Waals surface area contributed by atoms with Crippen molar-refractivity contribution < 1.29 is 9.84 Å². The molecule has 106 valence electrons. The van der Waals surface area contributed by atoms with E-state index in [-0.39, 0.29) is 0 Å². The summed E-state index contributed by atoms with van der Waals surface area (Å²) in [4.78, 5) is 8.47. The summed E-state index contributed by atoms with van der Waals surface area (Å²) in [6, 6.07) is 3.84. The zero-order valence-corrected chi connectivity index (χ0v) is 12.1. The van der Waals surface area contributed by atoms with Gasteiger partial charge in [0.2, 0.25) is 0 Å². The molecule has 0 radical (unpaired) electrons. The van der Waals surface area contributed by atoms with Crippen LogP contribution in [0.1, 0.15) is 22.4 Å². The van der Waals surface area contributed by atoms with Crippen LogP contribution in [0.3, 0.4) is 0 Å². The molecule has 0 saturated carbocycles. The van der Waals surface area contributed by atoms with Gasteiger partial charge in [-0.25, -0.2) is 0 Å². The molecule has 2 rings (SSSR count). The lowest BCUT2D eigenvalue weighted by Crippen LogP contribution is -2.16. The van der Waals surface area contributed by atoms with E-state index in [1.54, 1.807) is 25.7 Å². The van der Waals surface area contributed by atoms with Gasteiger partial charge in [-0.05, 0) is 25.5 Å². The Morgan fingerprint density at radius 1 is 1.25 bits per heavy atom. The fourth-order valence-corrected chi connectivity index (χ4v) is 2.36. The van der Waals surface area contributed by atoms with Crippen molar-refractivity contribution in [3.63, 3.8) is 0 Å². The molecule has 0 aromatic carbocycles. The van der Waals surface area contributed by atoms with E-state index >= 15 is 0 Å². The molecule has 0 aliphatic rings. The van der Waals surface area contributed by atoms with E-state index in [1.807, 2.05) is 26.0 Å². The second-order valence-electron chi connectivity index (χ2n) is 4.97. The lowest BCUT2D eigenvalue weighted by atomic mass is 10.0. The lowest BCUT2D eigenvalue weighted by Gasteiger charge is -2.15. The number of rotatable bonds is 5. The van der Waals surface area contributed by atoms with E-state index in [9.17, 15) is 5.11 Å². The quantitative estimate of drug-likeness (QED) is 0.907. The van der Waals surface area contributed by atoms with Crippen molar-refractivity contribution in [1.82, 2.24) is 9.97 Å². The summed E-state index contributed by atoms with van der Waals surface area (Å²) in [6.07, 6.45) is 5.91. The van der Waals surface area contributed by atoms with E-state index in [1.165, 1.54) is 0 Å². The Balaban J connectivity index is 2.10. The van der Waals surface area contributed by atoms with Crippen molar-refractivity contribution in [1.29, 1.82) is 0 Å². The maximum absolute atomic E-state index is 10.2. The van der Waals surface area contributed by atoms with Crippen molar-refractivity contribution in [2.45, 2.75) is 32.8 Å². The van der Waals surface area contributed by atoms with E-state index in [0.29, 0.717) is 12.8 Å². The number of methoxy groups -OCH3 is 1. The van der Waals surface area contributed by atoms with Crippen LogP contribution in [-0.4, -0.2) is 28.3 Å². The molecule has 0 bridgehead atoms. The molecule has 0 saturated heterocycles. The predicted octanol–water partition coefficient (Wildman–Crippen LogP) is 2.25. The third-order valence-corrected chi connectivity index (χ3v) is 3.37. The minimum absolute atomic E-state index is 0.474. The smallest absolute Gasteiger partial charge is 0.128 e. The van der Waals surface area contributed by atoms with Gasteiger partial charge in [0.25, 0.3) is 0 Å². The van der Waals surface area contributed by atoms with Gasteiger partial charge in [-0.1, -0.05) is 6.07 Å². The zero-order chi connectivity index (χ0) is 14.5. The fraction of sp³-hybridized carbons (Fsp3) is 0.375. The molecule has 0 aliphatic carbocycles. The van der Waals surface area contributed by atoms with Gasteiger partial charge in [-0.15, -0.1) is 0 Å². The predicted molar refractivity (Wildman–Crippen MR) is 77.9 cm³/mol. The number of aryl methyl sites for hydroxylation is 1. The SMILES string of the molecule is COc1c(C)cnc(CC(O)Cc2cccnc2)c1C. The minimum atomic E-state index is -0.474. The highest BCUT2D eigenvalue weighted by Gasteiger charge is 2.14. The third kappa shape index (κ3) is 3.33. The number of aliphatic hydroxyl groups is 1. The average molecular weight is 272 g/mol. The summed E-state index contributed by atoms with van der Waals surface area (Å²) >= 11 is 0. The third-order valence-electron chi connectivity index (χ3n) is 3.37. The van der Waals surface area contributed by atoms with E-state index in [2.05, 4.69) is 9.97 Å². The molecule has 0 aliphatic heterocycles. The summed E-state index contributed by atoms with van der Waals surface area (Å²) < 4.78 is 5.38. The zero-order valence-electron chi connectivity index (χ0n) is 12.1. The number of hydrogen-bond donors (Lipinski definition) is 1. The van der Waals surface area contributed by atoms with Crippen LogP contribution in [-0.2, 0) is 12.8 Å². The van der Waals surface area contributed by atoms with Crippen molar-refractivity contribution in [3.05, 3.63) is 53.1 Å². The first-order chi connectivity index (χ1) is 9.61. The lowest BCUT2D eigenvalue weighted by molar-refractivity contribution is 0.173. The first kappa shape index (κ1) is 14.5. The van der Waals surface area contributed by atoms with Crippen LogP contribution in [0.5, 0.6) is 5.75 Å². The van der Waals surface area contributed by atoms with E-state index < -0.39 is 6.10 Å². The summed E-state index contributed by atoms with van der Waals surface area (Å²) in [5.74, 6) is 0.851. The highest BCUT2D eigenvalue weighted by Crippen LogP contribution is 2.24. The van der Waals surface area contributed by atoms with Crippen LogP contribution in [0.25, 0.3) is 0 Å². The molecule has 1 unspecified atom stereocenters. The minimum Gasteiger partial charge on any atom is -0.496 e. The van der Waals surface area contributed by atoms with Gasteiger partial charge >= 0.3 is 0 Å². The van der Waals surface area contributed by atoms with Crippen molar-refractivity contribution in [3.8, 4) is 5.75 Å². The van der Waals surface area contributed by atoms with E-state index in [4.69, 9.17) is 4.74 Å². The van der Waals surface area contributed by atoms with Gasteiger partial charge < -0.3 is 9.84 Å². The van der Waals surface area contributed by atoms with Gasteiger partial charge in [0.1, 0.15) is 5.75 Å². The molecule has 1 N–H and O–H groups in total. The van der Waals surface area contributed by atoms with Gasteiger partial charge in [-0.3, -0.25) is 9.97 Å². The van der Waals surface area contributed by atoms with Gasteiger partial charge in [0.05, 0.1) is 13.2 Å². The number of aliphatic hydroxyl groups excluding tert-OH is 1. The summed E-state index contributed by atoms with van der Waals surface area (Å²) in [6.45, 7) is 3.94. The summed E-state index contributed by atoms with van der Waals surface area (Å²) in [5.41, 5.74) is 3.91. The van der Waals surface area contributed by atoms with Crippen molar-refractivity contribution in [2.24, 2.45) is 0 Å². The molecular weight excluding hydrogens is 252 g/mol. The molecule has 1 atom stereocenters. The fourth-order valence-electron chi connectivity index (χ4n) is 2.36. The Bertz CT molecular complexity index is 570. The first-order valence-corrected chi connectivity index (χ1v) is 6.68. The monoisotopic (exact) mass is 272 g/mol. The van der Waals surface area contributed by atoms with Crippen LogP contribution < -0.4 is 4.74 Å². The number of pyridine rings is 2. The van der Waals surface area contributed by atoms with E-state index in [0.717, 1.165) is 28.1 Å². The molecule has 4 nitrogen and oxygen atoms in total. The maximum Gasteiger partial charge on any atom is 0.128 e. The molecule has 2 heterocycles. The Labute approximate surface area is 119 Å². The average Bonchev–Trinajstić information content (AvgIpc) is 2.44. The van der Waals surface area contributed by atoms with Crippen LogP contribution in [0.2, 0.25) is 0 Å². The summed E-state index contributed by atoms with van der Waals surface area (Å²) in [7, 11) is 1.66. The summed E-state index contributed by atoms with van der Waals surface area (Å²) in [5, 5.41) is 10.2. The second kappa shape index (κ2) is 6.48. The molecular formula is C16H20N2O2. The number of ether oxygens (including phenoxy) is 1. The maximum atomic E-state index is 10.2. The Morgan fingerprint density at radius 3 is 2.70 bits per heavy atom. The molecule has 20 heavy (non-hydrogen) atoms. The number of hydrogen-bond acceptors (Lipinski definition) is 4. The van der Waals surface area contributed by atoms with Crippen LogP contribution >= 0.6 is 0 Å². The first-order valence-electron chi connectivity index (χ1n) is 6.68. The number of nitrogens with zero attached hydrogens (tertiary/aromatic N) is 2. The molecule has 4 heteroatoms. The highest BCUT2D eigenvalue weighted by molar-refractivity contribution is 5.41. The molecule has 0 amide bonds. The largest absolute Gasteiger partial charge is 0.496 e. The molecule has 2 aromatic rings. The van der Waals surface area contributed by atoms with Crippen LogP contribution in [0, 0.1) is 13.8 Å². The standard InChI is InChI=1S/C16H20N2O2/c1-11-9-18-15(12(2)16(11)20-3)8-14(19)7-13-5-4-6-17-10-13/h4-6,9-10,14,19H,7-8H2,1-3H3. The Hall–Kier alpha value is -1.94. The molecule has 0 fully saturated rings. The van der Waals surface area contributed by atoms with Crippen LogP contribution in [0.4, 0.5) is 0 Å². The molecule has 2 aromatic heterocycles. The topological polar surface area (TPSA) is 55.2 Å². The van der Waals surface area contributed by atoms with Gasteiger partial charge in [0.15, 0.2) is 0 Å². The Morgan fingerprint density at radius 2 is 2.05 bits per heavy atom.